The summed E-state index contributed by atoms with van der Waals surface area (Å²) < 4.78 is 11.0. The van der Waals surface area contributed by atoms with Crippen molar-refractivity contribution in [3.63, 3.8) is 0 Å². The summed E-state index contributed by atoms with van der Waals surface area (Å²) in [7, 11) is 1.62. The number of benzene rings is 3. The molecule has 0 spiro atoms. The molecule has 1 aliphatic heterocycles. The molecule has 4 heterocycles. The maximum absolute atomic E-state index is 12.3. The molecule has 3 N–H and O–H groups in total. The Balaban J connectivity index is 1.09. The molecule has 1 aliphatic rings. The Kier molecular flexibility index (Phi) is 16.5. The van der Waals surface area contributed by atoms with Crippen molar-refractivity contribution in [3.05, 3.63) is 183 Å². The lowest BCUT2D eigenvalue weighted by atomic mass is 10.1. The summed E-state index contributed by atoms with van der Waals surface area (Å²) >= 11 is 0. The van der Waals surface area contributed by atoms with Crippen LogP contribution in [-0.2, 0) is 19.6 Å². The third-order valence-corrected chi connectivity index (χ3v) is 10.8. The molecule has 3 aromatic carbocycles. The van der Waals surface area contributed by atoms with Gasteiger partial charge in [0, 0.05) is 105 Å². The van der Waals surface area contributed by atoms with Crippen molar-refractivity contribution < 1.29 is 19.4 Å². The van der Waals surface area contributed by atoms with Crippen LogP contribution in [-0.4, -0.2) is 100 Å². The van der Waals surface area contributed by atoms with Gasteiger partial charge < -0.3 is 20.3 Å². The number of aromatic nitrogens is 3. The zero-order valence-corrected chi connectivity index (χ0v) is 37.0. The maximum atomic E-state index is 12.3. The number of hydrogen-bond acceptors (Lipinski definition) is 10. The van der Waals surface area contributed by atoms with Crippen LogP contribution in [0.2, 0.25) is 0 Å². The number of carboxylic acids is 1. The van der Waals surface area contributed by atoms with Gasteiger partial charge in [-0.2, -0.15) is 0 Å². The molecule has 0 amide bonds. The molecule has 3 aromatic heterocycles. The number of nitrogens with zero attached hydrogens (tertiary/aromatic N) is 6. The van der Waals surface area contributed by atoms with Crippen LogP contribution >= 0.6 is 0 Å². The second-order valence-electron chi connectivity index (χ2n) is 15.8. The van der Waals surface area contributed by atoms with E-state index in [9.17, 15) is 9.90 Å². The van der Waals surface area contributed by atoms with Crippen molar-refractivity contribution in [2.75, 3.05) is 59.5 Å². The number of methoxy groups -OCH3 is 1. The molecule has 0 unspecified atom stereocenters. The van der Waals surface area contributed by atoms with E-state index in [-0.39, 0.29) is 5.69 Å². The predicted octanol–water partition coefficient (Wildman–Crippen LogP) is 6.63. The summed E-state index contributed by atoms with van der Waals surface area (Å²) in [6.45, 7) is 9.57. The minimum Gasteiger partial charge on any atom is -0.497 e. The fourth-order valence-corrected chi connectivity index (χ4v) is 7.13. The number of hydrogen-bond donors (Lipinski definition) is 2. The Morgan fingerprint density at radius 2 is 1.02 bits per heavy atom. The lowest BCUT2D eigenvalue weighted by Crippen LogP contribution is -2.36. The lowest BCUT2D eigenvalue weighted by Gasteiger charge is -2.25. The number of aromatic carboxylic acids is 1. The van der Waals surface area contributed by atoms with E-state index in [4.69, 9.17) is 25.2 Å². The standard InChI is InChI=1S/C54H53N7O4/c1-41-4-6-42(7-5-41)8-11-45-22-25-56-48(34-45)38-59-27-28-60(39-49-35-46(23-26-57-49)12-9-43-16-20-52(21-17-43)65-33-3-24-55)30-32-61(31-29-59)40-50-36-47(37-53(58-50)54(62)63)13-10-44-14-18-51(64-2)19-15-44/h4-7,14-23,25-26,34-37H,3,24,27-33,38-40,55H2,1-2H3,(H,62,63). The van der Waals surface area contributed by atoms with E-state index >= 15 is 0 Å². The second kappa shape index (κ2) is 23.4. The lowest BCUT2D eigenvalue weighted by molar-refractivity contribution is 0.0689. The van der Waals surface area contributed by atoms with E-state index in [1.54, 1.807) is 7.11 Å². The van der Waals surface area contributed by atoms with Crippen molar-refractivity contribution in [2.45, 2.75) is 33.0 Å². The molecule has 0 saturated carbocycles. The van der Waals surface area contributed by atoms with Crippen molar-refractivity contribution >= 4 is 5.97 Å². The van der Waals surface area contributed by atoms with Gasteiger partial charge in [0.1, 0.15) is 17.2 Å². The van der Waals surface area contributed by atoms with Crippen LogP contribution in [0.4, 0.5) is 0 Å². The molecular formula is C54H53N7O4. The van der Waals surface area contributed by atoms with E-state index in [1.807, 2.05) is 91.3 Å². The number of pyridine rings is 3. The molecule has 1 saturated heterocycles. The molecule has 6 aromatic rings. The molecule has 328 valence electrons. The van der Waals surface area contributed by atoms with Crippen LogP contribution in [0.15, 0.2) is 122 Å². The molecule has 65 heavy (non-hydrogen) atoms. The van der Waals surface area contributed by atoms with Crippen LogP contribution in [0, 0.1) is 42.4 Å². The van der Waals surface area contributed by atoms with E-state index in [0.29, 0.717) is 44.0 Å². The Hall–Kier alpha value is -7.30. The quantitative estimate of drug-likeness (QED) is 0.102. The second-order valence-corrected chi connectivity index (χ2v) is 15.8. The van der Waals surface area contributed by atoms with Crippen LogP contribution in [0.3, 0.4) is 0 Å². The highest BCUT2D eigenvalue weighted by Crippen LogP contribution is 2.16. The fourth-order valence-electron chi connectivity index (χ4n) is 7.13. The van der Waals surface area contributed by atoms with Gasteiger partial charge in [-0.1, -0.05) is 53.2 Å². The smallest absolute Gasteiger partial charge is 0.354 e. The van der Waals surface area contributed by atoms with Gasteiger partial charge in [-0.15, -0.1) is 0 Å². The maximum Gasteiger partial charge on any atom is 0.354 e. The van der Waals surface area contributed by atoms with Gasteiger partial charge in [0.05, 0.1) is 30.8 Å². The number of carbonyl (C=O) groups is 1. The molecule has 11 nitrogen and oxygen atoms in total. The molecule has 0 aliphatic carbocycles. The molecule has 0 atom stereocenters. The molecular weight excluding hydrogens is 811 g/mol. The van der Waals surface area contributed by atoms with E-state index in [1.165, 1.54) is 11.6 Å². The third kappa shape index (κ3) is 14.6. The van der Waals surface area contributed by atoms with E-state index in [2.05, 4.69) is 86.4 Å². The van der Waals surface area contributed by atoms with Crippen molar-refractivity contribution in [2.24, 2.45) is 5.73 Å². The first-order valence-electron chi connectivity index (χ1n) is 21.8. The normalized spacial score (nSPS) is 13.3. The van der Waals surface area contributed by atoms with Gasteiger partial charge in [0.15, 0.2) is 0 Å². The van der Waals surface area contributed by atoms with Gasteiger partial charge in [-0.3, -0.25) is 24.7 Å². The highest BCUT2D eigenvalue weighted by molar-refractivity contribution is 5.85. The summed E-state index contributed by atoms with van der Waals surface area (Å²) in [4.78, 5) is 33.5. The largest absolute Gasteiger partial charge is 0.497 e. The summed E-state index contributed by atoms with van der Waals surface area (Å²) in [5, 5.41) is 10.0. The Morgan fingerprint density at radius 3 is 1.49 bits per heavy atom. The molecule has 1 fully saturated rings. The molecule has 11 heteroatoms. The number of ether oxygens (including phenoxy) is 2. The first kappa shape index (κ1) is 45.7. The monoisotopic (exact) mass is 863 g/mol. The number of aryl methyl sites for hydroxylation is 1. The average molecular weight is 864 g/mol. The highest BCUT2D eigenvalue weighted by atomic mass is 16.5. The van der Waals surface area contributed by atoms with Gasteiger partial charge in [-0.05, 0) is 117 Å². The van der Waals surface area contributed by atoms with Gasteiger partial charge >= 0.3 is 5.97 Å². The fraction of sp³-hybridized carbons (Fsp3) is 0.259. The van der Waals surface area contributed by atoms with Crippen LogP contribution in [0.5, 0.6) is 11.5 Å². The number of carboxylic acid groups (broad SMARTS) is 1. The number of nitrogens with two attached hydrogens (primary N) is 1. The number of rotatable bonds is 12. The van der Waals surface area contributed by atoms with Gasteiger partial charge in [0.2, 0.25) is 0 Å². The zero-order chi connectivity index (χ0) is 45.2. The average Bonchev–Trinajstić information content (AvgIpc) is 3.41. The highest BCUT2D eigenvalue weighted by Gasteiger charge is 2.20. The predicted molar refractivity (Wildman–Crippen MR) is 253 cm³/mol. The van der Waals surface area contributed by atoms with Gasteiger partial charge in [0.25, 0.3) is 0 Å². The van der Waals surface area contributed by atoms with Crippen molar-refractivity contribution in [1.82, 2.24) is 29.7 Å². The Bertz CT molecular complexity index is 2720. The first-order chi connectivity index (χ1) is 31.8. The summed E-state index contributed by atoms with van der Waals surface area (Å²) in [5.74, 6) is 20.0. The molecule has 0 radical (unpaired) electrons. The minimum absolute atomic E-state index is 0.0381. The SMILES string of the molecule is COc1ccc(C#Cc2cc(CN3CCN(Cc4cc(C#Cc5ccc(C)cc5)ccn4)CCN(Cc4cc(C#Cc5ccc(OCCCN)cc5)ccn4)CC3)nc(C(=O)O)c2)cc1. The zero-order valence-electron chi connectivity index (χ0n) is 37.0. The third-order valence-electron chi connectivity index (χ3n) is 10.8. The first-order valence-corrected chi connectivity index (χ1v) is 21.8. The summed E-state index contributed by atoms with van der Waals surface area (Å²) in [6, 6.07) is 34.9. The molecule has 7 rings (SSSR count). The topological polar surface area (TPSA) is 130 Å². The van der Waals surface area contributed by atoms with Gasteiger partial charge in [-0.25, -0.2) is 9.78 Å². The van der Waals surface area contributed by atoms with E-state index < -0.39 is 5.97 Å². The van der Waals surface area contributed by atoms with Crippen molar-refractivity contribution in [3.8, 4) is 47.0 Å². The van der Waals surface area contributed by atoms with Crippen LogP contribution in [0.25, 0.3) is 0 Å². The Labute approximate surface area is 382 Å². The summed E-state index contributed by atoms with van der Waals surface area (Å²) in [5.41, 5.74) is 14.3. The van der Waals surface area contributed by atoms with E-state index in [0.717, 1.165) is 96.4 Å². The minimum atomic E-state index is -1.10. The van der Waals surface area contributed by atoms with Crippen molar-refractivity contribution in [1.29, 1.82) is 0 Å². The Morgan fingerprint density at radius 1 is 0.585 bits per heavy atom. The summed E-state index contributed by atoms with van der Waals surface area (Å²) in [6.07, 6.45) is 4.46. The molecule has 0 bridgehead atoms. The van der Waals surface area contributed by atoms with Crippen LogP contribution in [0.1, 0.15) is 72.9 Å². The van der Waals surface area contributed by atoms with Crippen LogP contribution < -0.4 is 15.2 Å².